The molecule has 0 atom stereocenters. The molecule has 1 aromatic carbocycles. The highest BCUT2D eigenvalue weighted by Crippen LogP contribution is 2.11. The van der Waals surface area contributed by atoms with Gasteiger partial charge in [-0.2, -0.15) is 0 Å². The number of amides is 1. The summed E-state index contributed by atoms with van der Waals surface area (Å²) >= 11 is 4.93. The molecule has 0 aliphatic rings. The third kappa shape index (κ3) is 3.53. The van der Waals surface area contributed by atoms with Crippen LogP contribution in [0.3, 0.4) is 0 Å². The lowest BCUT2D eigenvalue weighted by Crippen LogP contribution is -2.41. The lowest BCUT2D eigenvalue weighted by atomic mass is 10.1. The van der Waals surface area contributed by atoms with Gasteiger partial charge in [0.05, 0.1) is 0 Å². The van der Waals surface area contributed by atoms with Gasteiger partial charge in [0.2, 0.25) is 0 Å². The topological polar surface area (TPSA) is 46.3 Å². The number of benzene rings is 1. The van der Waals surface area contributed by atoms with E-state index >= 15 is 0 Å². The summed E-state index contributed by atoms with van der Waals surface area (Å²) in [4.78, 5) is 13.7. The summed E-state index contributed by atoms with van der Waals surface area (Å²) in [7, 11) is 0. The quantitative estimate of drug-likeness (QED) is 0.835. The highest BCUT2D eigenvalue weighted by Gasteiger charge is 2.18. The maximum atomic E-state index is 12.3. The van der Waals surface area contributed by atoms with Crippen LogP contribution in [0.25, 0.3) is 0 Å². The fourth-order valence-corrected chi connectivity index (χ4v) is 1.76. The number of carbonyl (C=O) groups is 1. The first-order chi connectivity index (χ1) is 8.07. The summed E-state index contributed by atoms with van der Waals surface area (Å²) in [6.07, 6.45) is 1.90. The van der Waals surface area contributed by atoms with Crippen LogP contribution in [0.1, 0.15) is 35.7 Å². The summed E-state index contributed by atoms with van der Waals surface area (Å²) in [6.45, 7) is 4.56. The highest BCUT2D eigenvalue weighted by molar-refractivity contribution is 7.80. The number of hydrogen-bond donors (Lipinski definition) is 1. The van der Waals surface area contributed by atoms with E-state index in [0.717, 1.165) is 18.4 Å². The summed E-state index contributed by atoms with van der Waals surface area (Å²) < 4.78 is 0. The van der Waals surface area contributed by atoms with Gasteiger partial charge in [-0.15, -0.1) is 0 Å². The minimum Gasteiger partial charge on any atom is -0.376 e. The summed E-state index contributed by atoms with van der Waals surface area (Å²) in [5, 5.41) is 0.145. The molecule has 0 aliphatic carbocycles. The van der Waals surface area contributed by atoms with Gasteiger partial charge in [0.1, 0.15) is 0 Å². The van der Waals surface area contributed by atoms with Crippen molar-refractivity contribution in [1.29, 1.82) is 0 Å². The molecule has 1 amide bonds. The van der Waals surface area contributed by atoms with Crippen molar-refractivity contribution in [2.45, 2.75) is 26.7 Å². The molecule has 2 N–H and O–H groups in total. The largest absolute Gasteiger partial charge is 0.376 e. The number of hydrogen-bond acceptors (Lipinski definition) is 2. The second-order valence-corrected chi connectivity index (χ2v) is 4.38. The average molecular weight is 250 g/mol. The van der Waals surface area contributed by atoms with Crippen LogP contribution in [0, 0.1) is 6.92 Å². The van der Waals surface area contributed by atoms with Crippen molar-refractivity contribution < 1.29 is 4.79 Å². The normalized spacial score (nSPS) is 10.0. The summed E-state index contributed by atoms with van der Waals surface area (Å²) in [5.41, 5.74) is 7.21. The third-order valence-corrected chi connectivity index (χ3v) is 2.84. The van der Waals surface area contributed by atoms with Gasteiger partial charge in [0, 0.05) is 12.1 Å². The first-order valence-corrected chi connectivity index (χ1v) is 6.15. The van der Waals surface area contributed by atoms with Gasteiger partial charge in [-0.1, -0.05) is 31.5 Å². The minimum absolute atomic E-state index is 0.107. The Balaban J connectivity index is 2.92. The minimum atomic E-state index is -0.107. The van der Waals surface area contributed by atoms with Crippen LogP contribution in [0.5, 0.6) is 0 Å². The van der Waals surface area contributed by atoms with Crippen molar-refractivity contribution in [1.82, 2.24) is 4.90 Å². The molecule has 0 fully saturated rings. The van der Waals surface area contributed by atoms with E-state index in [0.29, 0.717) is 12.1 Å². The summed E-state index contributed by atoms with van der Waals surface area (Å²) in [5.74, 6) is -0.107. The molecular formula is C13H18N2OS. The molecule has 0 radical (unpaired) electrons. The third-order valence-electron chi connectivity index (χ3n) is 2.62. The van der Waals surface area contributed by atoms with Crippen LogP contribution < -0.4 is 5.73 Å². The monoisotopic (exact) mass is 250 g/mol. The van der Waals surface area contributed by atoms with Crippen LogP contribution in [0.4, 0.5) is 0 Å². The van der Waals surface area contributed by atoms with Gasteiger partial charge in [-0.05, 0) is 37.2 Å². The number of unbranched alkanes of at least 4 members (excludes halogenated alkanes) is 1. The number of rotatable bonds is 4. The number of nitrogens with zero attached hydrogens (tertiary/aromatic N) is 1. The van der Waals surface area contributed by atoms with Crippen molar-refractivity contribution >= 4 is 23.2 Å². The Morgan fingerprint density at radius 1 is 1.41 bits per heavy atom. The van der Waals surface area contributed by atoms with Gasteiger partial charge in [0.25, 0.3) is 5.91 Å². The molecule has 4 heteroatoms. The zero-order valence-electron chi connectivity index (χ0n) is 10.3. The van der Waals surface area contributed by atoms with Gasteiger partial charge in [-0.25, -0.2) is 0 Å². The van der Waals surface area contributed by atoms with Gasteiger partial charge < -0.3 is 5.73 Å². The standard InChI is InChI=1S/C13H18N2OS/c1-3-4-9-15(13(14)17)12(16)11-8-6-5-7-10(11)2/h5-8H,3-4,9H2,1-2H3,(H2,14,17). The van der Waals surface area contributed by atoms with E-state index in [1.54, 1.807) is 6.07 Å². The van der Waals surface area contributed by atoms with Gasteiger partial charge >= 0.3 is 0 Å². The molecule has 0 saturated carbocycles. The highest BCUT2D eigenvalue weighted by atomic mass is 32.1. The Morgan fingerprint density at radius 3 is 2.59 bits per heavy atom. The Morgan fingerprint density at radius 2 is 2.06 bits per heavy atom. The van der Waals surface area contributed by atoms with E-state index in [4.69, 9.17) is 18.0 Å². The molecule has 0 unspecified atom stereocenters. The number of carbonyl (C=O) groups excluding carboxylic acids is 1. The van der Waals surface area contributed by atoms with Crippen molar-refractivity contribution in [3.63, 3.8) is 0 Å². The van der Waals surface area contributed by atoms with Gasteiger partial charge in [0.15, 0.2) is 5.11 Å². The molecule has 17 heavy (non-hydrogen) atoms. The molecule has 0 aromatic heterocycles. The van der Waals surface area contributed by atoms with E-state index in [-0.39, 0.29) is 11.0 Å². The Bertz CT molecular complexity index is 418. The molecule has 92 valence electrons. The SMILES string of the molecule is CCCCN(C(=O)c1ccccc1C)C(N)=S. The van der Waals surface area contributed by atoms with E-state index < -0.39 is 0 Å². The van der Waals surface area contributed by atoms with Crippen LogP contribution in [-0.4, -0.2) is 22.5 Å². The molecular weight excluding hydrogens is 232 g/mol. The molecule has 1 rings (SSSR count). The maximum Gasteiger partial charge on any atom is 0.260 e. The van der Waals surface area contributed by atoms with Crippen molar-refractivity contribution in [3.8, 4) is 0 Å². The molecule has 0 bridgehead atoms. The Labute approximate surface area is 108 Å². The molecule has 0 aliphatic heterocycles. The zero-order chi connectivity index (χ0) is 12.8. The van der Waals surface area contributed by atoms with E-state index in [2.05, 4.69) is 6.92 Å². The van der Waals surface area contributed by atoms with E-state index in [9.17, 15) is 4.79 Å². The van der Waals surface area contributed by atoms with Crippen LogP contribution in [0.15, 0.2) is 24.3 Å². The van der Waals surface area contributed by atoms with Gasteiger partial charge in [-0.3, -0.25) is 9.69 Å². The molecule has 3 nitrogen and oxygen atoms in total. The summed E-state index contributed by atoms with van der Waals surface area (Å²) in [6, 6.07) is 7.46. The first kappa shape index (κ1) is 13.6. The smallest absolute Gasteiger partial charge is 0.260 e. The Kier molecular flexibility index (Phi) is 5.10. The maximum absolute atomic E-state index is 12.3. The predicted molar refractivity (Wildman–Crippen MR) is 73.9 cm³/mol. The molecule has 0 spiro atoms. The zero-order valence-corrected chi connectivity index (χ0v) is 11.1. The average Bonchev–Trinajstić information content (AvgIpc) is 2.29. The fourth-order valence-electron chi connectivity index (χ4n) is 1.59. The second-order valence-electron chi connectivity index (χ2n) is 3.96. The second kappa shape index (κ2) is 6.35. The first-order valence-electron chi connectivity index (χ1n) is 5.74. The van der Waals surface area contributed by atoms with Crippen molar-refractivity contribution in [3.05, 3.63) is 35.4 Å². The molecule has 0 heterocycles. The van der Waals surface area contributed by atoms with E-state index in [1.165, 1.54) is 4.90 Å². The van der Waals surface area contributed by atoms with Crippen LogP contribution >= 0.6 is 12.2 Å². The fraction of sp³-hybridized carbons (Fsp3) is 0.385. The number of aryl methyl sites for hydroxylation is 1. The number of thiocarbonyl (C=S) groups is 1. The lowest BCUT2D eigenvalue weighted by Gasteiger charge is -2.21. The van der Waals surface area contributed by atoms with Crippen molar-refractivity contribution in [2.75, 3.05) is 6.54 Å². The lowest BCUT2D eigenvalue weighted by molar-refractivity contribution is 0.0846. The van der Waals surface area contributed by atoms with Crippen LogP contribution in [0.2, 0.25) is 0 Å². The number of nitrogens with two attached hydrogens (primary N) is 1. The van der Waals surface area contributed by atoms with Crippen LogP contribution in [-0.2, 0) is 0 Å². The van der Waals surface area contributed by atoms with E-state index in [1.807, 2.05) is 25.1 Å². The predicted octanol–water partition coefficient (Wildman–Crippen LogP) is 2.48. The molecule has 1 aromatic rings. The Hall–Kier alpha value is -1.42. The van der Waals surface area contributed by atoms with Crippen molar-refractivity contribution in [2.24, 2.45) is 5.73 Å². The molecule has 0 saturated heterocycles.